The number of allylic oxidation sites excluding steroid dienone is 5. The molecule has 0 fully saturated rings. The zero-order valence-electron chi connectivity index (χ0n) is 12.0. The Hall–Kier alpha value is -1.63. The molecule has 0 aromatic rings. The molecule has 2 heteroatoms. The predicted octanol–water partition coefficient (Wildman–Crippen LogP) is 3.56. The Balaban J connectivity index is 2.57. The van der Waals surface area contributed by atoms with Crippen LogP contribution in [0.15, 0.2) is 52.2 Å². The maximum atomic E-state index is 11.2. The van der Waals surface area contributed by atoms with Gasteiger partial charge in [-0.1, -0.05) is 45.1 Å². The maximum Gasteiger partial charge on any atom is 0.131 e. The Morgan fingerprint density at radius 1 is 1.32 bits per heavy atom. The van der Waals surface area contributed by atoms with Crippen molar-refractivity contribution in [2.45, 2.75) is 33.3 Å². The monoisotopic (exact) mass is 256 g/mol. The van der Waals surface area contributed by atoms with Gasteiger partial charge in [0.1, 0.15) is 12.0 Å². The van der Waals surface area contributed by atoms with Gasteiger partial charge >= 0.3 is 0 Å². The summed E-state index contributed by atoms with van der Waals surface area (Å²) in [4.78, 5) is 11.2. The molecule has 2 rings (SSSR count). The van der Waals surface area contributed by atoms with Gasteiger partial charge in [-0.05, 0) is 34.6 Å². The minimum atomic E-state index is -0.269. The zero-order chi connectivity index (χ0) is 14.0. The highest BCUT2D eigenvalue weighted by atomic mass is 16.5. The largest absolute Gasteiger partial charge is 0.371 e. The van der Waals surface area contributed by atoms with Crippen LogP contribution < -0.4 is 0 Å². The third kappa shape index (κ3) is 2.30. The van der Waals surface area contributed by atoms with Crippen LogP contribution in [-0.4, -0.2) is 19.2 Å². The summed E-state index contributed by atoms with van der Waals surface area (Å²) >= 11 is 0. The van der Waals surface area contributed by atoms with Crippen molar-refractivity contribution in [2.75, 3.05) is 7.11 Å². The Bertz CT molecular complexity index is 550. The van der Waals surface area contributed by atoms with Crippen LogP contribution in [0.2, 0.25) is 0 Å². The standard InChI is InChI=1S/C17H20O2/c1-5-13-14-8-6-12(11(2)3)7-9-15(14)17(19-4)16(13)10-18/h6-9,11,17H,5H2,1-4H3. The lowest BCUT2D eigenvalue weighted by atomic mass is 10.0. The minimum absolute atomic E-state index is 0.269. The molecule has 0 bridgehead atoms. The molecule has 2 aliphatic rings. The Kier molecular flexibility index (Phi) is 4.04. The van der Waals surface area contributed by atoms with Gasteiger partial charge in [-0.25, -0.2) is 4.79 Å². The number of ether oxygens (including phenoxy) is 1. The molecule has 0 N–H and O–H groups in total. The minimum Gasteiger partial charge on any atom is -0.371 e. The summed E-state index contributed by atoms with van der Waals surface area (Å²) in [6.45, 7) is 6.41. The van der Waals surface area contributed by atoms with E-state index in [9.17, 15) is 4.79 Å². The van der Waals surface area contributed by atoms with Gasteiger partial charge in [0.25, 0.3) is 0 Å². The smallest absolute Gasteiger partial charge is 0.131 e. The number of methoxy groups -OCH3 is 1. The summed E-state index contributed by atoms with van der Waals surface area (Å²) in [6.07, 6.45) is 9.00. The van der Waals surface area contributed by atoms with Crippen molar-refractivity contribution in [3.63, 3.8) is 0 Å². The van der Waals surface area contributed by atoms with E-state index in [1.54, 1.807) is 7.11 Å². The molecule has 100 valence electrons. The van der Waals surface area contributed by atoms with E-state index in [0.717, 1.165) is 23.1 Å². The molecular weight excluding hydrogens is 236 g/mol. The van der Waals surface area contributed by atoms with Crippen molar-refractivity contribution >= 4 is 5.94 Å². The molecule has 0 radical (unpaired) electrons. The summed E-state index contributed by atoms with van der Waals surface area (Å²) in [5, 5.41) is 0. The van der Waals surface area contributed by atoms with Crippen LogP contribution in [0.3, 0.4) is 0 Å². The van der Waals surface area contributed by atoms with E-state index in [-0.39, 0.29) is 6.10 Å². The van der Waals surface area contributed by atoms with Gasteiger partial charge in [-0.2, -0.15) is 0 Å². The highest BCUT2D eigenvalue weighted by Gasteiger charge is 2.33. The first-order valence-electron chi connectivity index (χ1n) is 6.75. The molecular formula is C17H20O2. The van der Waals surface area contributed by atoms with Crippen LogP contribution >= 0.6 is 0 Å². The second-order valence-corrected chi connectivity index (χ2v) is 5.15. The average Bonchev–Trinajstić information content (AvgIpc) is 2.54. The lowest BCUT2D eigenvalue weighted by molar-refractivity contribution is 0.167. The topological polar surface area (TPSA) is 26.3 Å². The summed E-state index contributed by atoms with van der Waals surface area (Å²) in [6, 6.07) is 0. The highest BCUT2D eigenvalue weighted by molar-refractivity contribution is 5.75. The molecule has 0 amide bonds. The third-order valence-corrected chi connectivity index (χ3v) is 3.77. The molecule has 0 aromatic carbocycles. The number of rotatable bonds is 3. The van der Waals surface area contributed by atoms with Crippen LogP contribution in [0.1, 0.15) is 27.2 Å². The SMILES string of the molecule is CCC1=C2C=CC(C(C)C)=CC=C2C(OC)C1=C=O. The second-order valence-electron chi connectivity index (χ2n) is 5.15. The molecule has 2 nitrogen and oxygen atoms in total. The van der Waals surface area contributed by atoms with E-state index >= 15 is 0 Å². The number of hydrogen-bond acceptors (Lipinski definition) is 2. The van der Waals surface area contributed by atoms with Crippen molar-refractivity contribution < 1.29 is 9.53 Å². The van der Waals surface area contributed by atoms with Gasteiger partial charge in [-0.3, -0.25) is 0 Å². The number of fused-ring (bicyclic) bond motifs is 1. The second kappa shape index (κ2) is 5.56. The molecule has 0 saturated heterocycles. The zero-order valence-corrected chi connectivity index (χ0v) is 12.0. The quantitative estimate of drug-likeness (QED) is 0.722. The van der Waals surface area contributed by atoms with E-state index in [1.165, 1.54) is 5.57 Å². The summed E-state index contributed by atoms with van der Waals surface area (Å²) in [5.41, 5.74) is 5.19. The van der Waals surface area contributed by atoms with Crippen LogP contribution in [0.4, 0.5) is 0 Å². The number of carbonyl (C=O) groups excluding carboxylic acids is 1. The Morgan fingerprint density at radius 3 is 2.58 bits per heavy atom. The molecule has 0 saturated carbocycles. The van der Waals surface area contributed by atoms with Crippen molar-refractivity contribution in [3.05, 3.63) is 52.2 Å². The first-order valence-corrected chi connectivity index (χ1v) is 6.75. The fourth-order valence-electron chi connectivity index (χ4n) is 2.70. The van der Waals surface area contributed by atoms with Gasteiger partial charge in [0, 0.05) is 7.11 Å². The van der Waals surface area contributed by atoms with Gasteiger partial charge in [-0.15, -0.1) is 0 Å². The van der Waals surface area contributed by atoms with E-state index in [2.05, 4.69) is 51.0 Å². The fourth-order valence-corrected chi connectivity index (χ4v) is 2.70. The lowest BCUT2D eigenvalue weighted by Crippen LogP contribution is -2.12. The van der Waals surface area contributed by atoms with E-state index < -0.39 is 0 Å². The van der Waals surface area contributed by atoms with E-state index in [4.69, 9.17) is 4.74 Å². The highest BCUT2D eigenvalue weighted by Crippen LogP contribution is 2.40. The van der Waals surface area contributed by atoms with Gasteiger partial charge < -0.3 is 4.74 Å². The van der Waals surface area contributed by atoms with Gasteiger partial charge in [0.15, 0.2) is 0 Å². The van der Waals surface area contributed by atoms with Crippen LogP contribution in [-0.2, 0) is 9.53 Å². The summed E-state index contributed by atoms with van der Waals surface area (Å²) < 4.78 is 5.49. The van der Waals surface area contributed by atoms with E-state index in [1.807, 2.05) is 0 Å². The molecule has 2 aliphatic carbocycles. The van der Waals surface area contributed by atoms with Crippen molar-refractivity contribution in [3.8, 4) is 0 Å². The maximum absolute atomic E-state index is 11.2. The molecule has 1 unspecified atom stereocenters. The van der Waals surface area contributed by atoms with Crippen LogP contribution in [0.25, 0.3) is 0 Å². The average molecular weight is 256 g/mol. The van der Waals surface area contributed by atoms with Crippen LogP contribution in [0, 0.1) is 5.92 Å². The molecule has 19 heavy (non-hydrogen) atoms. The van der Waals surface area contributed by atoms with Crippen molar-refractivity contribution in [1.82, 2.24) is 0 Å². The van der Waals surface area contributed by atoms with Gasteiger partial charge in [0.2, 0.25) is 0 Å². The first kappa shape index (κ1) is 13.8. The first-order chi connectivity index (χ1) is 9.13. The Morgan fingerprint density at radius 2 is 2.05 bits per heavy atom. The molecule has 0 aromatic heterocycles. The fraction of sp³-hybridized carbons (Fsp3) is 0.412. The lowest BCUT2D eigenvalue weighted by Gasteiger charge is -2.11. The van der Waals surface area contributed by atoms with E-state index in [0.29, 0.717) is 11.5 Å². The van der Waals surface area contributed by atoms with Crippen molar-refractivity contribution in [2.24, 2.45) is 5.92 Å². The molecule has 0 heterocycles. The Labute approximate surface area is 114 Å². The molecule has 0 spiro atoms. The summed E-state index contributed by atoms with van der Waals surface area (Å²) in [5.74, 6) is 2.55. The summed E-state index contributed by atoms with van der Waals surface area (Å²) in [7, 11) is 1.64. The third-order valence-electron chi connectivity index (χ3n) is 3.77. The molecule has 0 aliphatic heterocycles. The van der Waals surface area contributed by atoms with Crippen molar-refractivity contribution in [1.29, 1.82) is 0 Å². The normalized spacial score (nSPS) is 22.2. The number of hydrogen-bond donors (Lipinski definition) is 0. The van der Waals surface area contributed by atoms with Gasteiger partial charge in [0.05, 0.1) is 5.57 Å². The predicted molar refractivity (Wildman–Crippen MR) is 77.5 cm³/mol. The molecule has 1 atom stereocenters. The van der Waals surface area contributed by atoms with Crippen LogP contribution in [0.5, 0.6) is 0 Å².